The van der Waals surface area contributed by atoms with E-state index < -0.39 is 0 Å². The second-order valence-electron chi connectivity index (χ2n) is 6.88. The second-order valence-corrected chi connectivity index (χ2v) is 6.88. The molecule has 2 nitrogen and oxygen atoms in total. The van der Waals surface area contributed by atoms with E-state index in [-0.39, 0.29) is 0 Å². The Morgan fingerprint density at radius 2 is 2.06 bits per heavy atom. The van der Waals surface area contributed by atoms with Crippen molar-refractivity contribution in [2.45, 2.75) is 83.8 Å². The molecule has 0 spiro atoms. The largest absolute Gasteiger partial charge is 0.314 e. The number of rotatable bonds is 4. The van der Waals surface area contributed by atoms with E-state index in [1.54, 1.807) is 0 Å². The third kappa shape index (κ3) is 3.69. The third-order valence-corrected chi connectivity index (χ3v) is 4.79. The molecule has 0 amide bonds. The van der Waals surface area contributed by atoms with Gasteiger partial charge in [0.2, 0.25) is 0 Å². The van der Waals surface area contributed by atoms with Crippen LogP contribution in [0, 0.1) is 5.41 Å². The molecule has 0 radical (unpaired) electrons. The van der Waals surface area contributed by atoms with Gasteiger partial charge in [-0.05, 0) is 51.0 Å². The molecule has 2 N–H and O–H groups in total. The summed E-state index contributed by atoms with van der Waals surface area (Å²) in [6.07, 6.45) is 9.63. The summed E-state index contributed by atoms with van der Waals surface area (Å²) >= 11 is 0. The first-order chi connectivity index (χ1) is 8.08. The van der Waals surface area contributed by atoms with Gasteiger partial charge >= 0.3 is 0 Å². The highest BCUT2D eigenvalue weighted by Crippen LogP contribution is 2.35. The average Bonchev–Trinajstić information content (AvgIpc) is 2.73. The van der Waals surface area contributed by atoms with Gasteiger partial charge in [-0.2, -0.15) is 0 Å². The maximum Gasteiger partial charge on any atom is 0.0121 e. The maximum absolute atomic E-state index is 3.90. The summed E-state index contributed by atoms with van der Waals surface area (Å²) in [4.78, 5) is 0. The van der Waals surface area contributed by atoms with Gasteiger partial charge in [-0.1, -0.05) is 26.7 Å². The molecular weight excluding hydrogens is 208 g/mol. The Morgan fingerprint density at radius 3 is 2.71 bits per heavy atom. The normalized spacial score (nSPS) is 34.8. The number of hydrogen-bond donors (Lipinski definition) is 2. The predicted molar refractivity (Wildman–Crippen MR) is 74.3 cm³/mol. The molecule has 2 heteroatoms. The van der Waals surface area contributed by atoms with Crippen LogP contribution < -0.4 is 10.6 Å². The van der Waals surface area contributed by atoms with Crippen LogP contribution in [-0.4, -0.2) is 24.7 Å². The molecule has 1 saturated heterocycles. The number of hydrogen-bond acceptors (Lipinski definition) is 2. The highest BCUT2D eigenvalue weighted by atomic mass is 15.0. The molecule has 0 bridgehead atoms. The van der Waals surface area contributed by atoms with Gasteiger partial charge in [0, 0.05) is 18.1 Å². The van der Waals surface area contributed by atoms with E-state index in [0.29, 0.717) is 11.5 Å². The molecule has 1 aliphatic heterocycles. The first kappa shape index (κ1) is 13.4. The minimum absolute atomic E-state index is 0.496. The van der Waals surface area contributed by atoms with Gasteiger partial charge in [-0.3, -0.25) is 0 Å². The van der Waals surface area contributed by atoms with E-state index in [2.05, 4.69) is 31.4 Å². The molecule has 0 aromatic carbocycles. The van der Waals surface area contributed by atoms with E-state index in [1.807, 2.05) is 0 Å². The van der Waals surface area contributed by atoms with Crippen LogP contribution in [-0.2, 0) is 0 Å². The van der Waals surface area contributed by atoms with Gasteiger partial charge in [-0.25, -0.2) is 0 Å². The fourth-order valence-electron chi connectivity index (χ4n) is 3.60. The van der Waals surface area contributed by atoms with Crippen LogP contribution in [0.25, 0.3) is 0 Å². The summed E-state index contributed by atoms with van der Waals surface area (Å²) in [5.41, 5.74) is 0.496. The molecule has 17 heavy (non-hydrogen) atoms. The van der Waals surface area contributed by atoms with Crippen molar-refractivity contribution in [1.29, 1.82) is 0 Å². The van der Waals surface area contributed by atoms with Gasteiger partial charge in [-0.15, -0.1) is 0 Å². The van der Waals surface area contributed by atoms with Crippen LogP contribution in [0.5, 0.6) is 0 Å². The molecule has 2 aliphatic rings. The lowest BCUT2D eigenvalue weighted by atomic mass is 9.73. The Bertz CT molecular complexity index is 231. The van der Waals surface area contributed by atoms with Crippen LogP contribution in [0.4, 0.5) is 0 Å². The van der Waals surface area contributed by atoms with Gasteiger partial charge in [0.15, 0.2) is 0 Å². The minimum Gasteiger partial charge on any atom is -0.314 e. The zero-order valence-electron chi connectivity index (χ0n) is 11.9. The quantitative estimate of drug-likeness (QED) is 0.786. The SMILES string of the molecule is CC(CC1CCCN1)NC1CCCCC1(C)C. The molecule has 1 aliphatic carbocycles. The molecule has 3 atom stereocenters. The van der Waals surface area contributed by atoms with Crippen LogP contribution in [0.15, 0.2) is 0 Å². The smallest absolute Gasteiger partial charge is 0.0121 e. The van der Waals surface area contributed by atoms with Gasteiger partial charge in [0.1, 0.15) is 0 Å². The third-order valence-electron chi connectivity index (χ3n) is 4.79. The Hall–Kier alpha value is -0.0800. The molecule has 0 aromatic rings. The molecule has 0 aromatic heterocycles. The Morgan fingerprint density at radius 1 is 1.24 bits per heavy atom. The van der Waals surface area contributed by atoms with Gasteiger partial charge in [0.25, 0.3) is 0 Å². The fourth-order valence-corrected chi connectivity index (χ4v) is 3.60. The Kier molecular flexibility index (Phi) is 4.48. The molecular formula is C15H30N2. The predicted octanol–water partition coefficient (Wildman–Crippen LogP) is 3.08. The van der Waals surface area contributed by atoms with Crippen molar-refractivity contribution in [3.05, 3.63) is 0 Å². The molecule has 3 unspecified atom stereocenters. The van der Waals surface area contributed by atoms with E-state index in [9.17, 15) is 0 Å². The van der Waals surface area contributed by atoms with Crippen molar-refractivity contribution in [1.82, 2.24) is 10.6 Å². The summed E-state index contributed by atoms with van der Waals surface area (Å²) in [7, 11) is 0. The maximum atomic E-state index is 3.90. The molecule has 2 fully saturated rings. The van der Waals surface area contributed by atoms with E-state index >= 15 is 0 Å². The molecule has 100 valence electrons. The van der Waals surface area contributed by atoms with Crippen molar-refractivity contribution in [3.63, 3.8) is 0 Å². The zero-order chi connectivity index (χ0) is 12.3. The topological polar surface area (TPSA) is 24.1 Å². The molecule has 2 rings (SSSR count). The summed E-state index contributed by atoms with van der Waals surface area (Å²) < 4.78 is 0. The van der Waals surface area contributed by atoms with Crippen molar-refractivity contribution in [2.24, 2.45) is 5.41 Å². The average molecular weight is 238 g/mol. The number of nitrogens with one attached hydrogen (secondary N) is 2. The van der Waals surface area contributed by atoms with Crippen molar-refractivity contribution in [3.8, 4) is 0 Å². The van der Waals surface area contributed by atoms with E-state index in [4.69, 9.17) is 0 Å². The van der Waals surface area contributed by atoms with Crippen molar-refractivity contribution >= 4 is 0 Å². The molecule has 1 heterocycles. The van der Waals surface area contributed by atoms with Crippen molar-refractivity contribution < 1.29 is 0 Å². The van der Waals surface area contributed by atoms with E-state index in [0.717, 1.165) is 12.1 Å². The molecule has 1 saturated carbocycles. The fraction of sp³-hybridized carbons (Fsp3) is 1.00. The monoisotopic (exact) mass is 238 g/mol. The van der Waals surface area contributed by atoms with Crippen LogP contribution >= 0.6 is 0 Å². The second kappa shape index (κ2) is 5.71. The van der Waals surface area contributed by atoms with Gasteiger partial charge in [0.05, 0.1) is 0 Å². The Balaban J connectivity index is 1.78. The van der Waals surface area contributed by atoms with Crippen molar-refractivity contribution in [2.75, 3.05) is 6.54 Å². The highest BCUT2D eigenvalue weighted by Gasteiger charge is 2.33. The van der Waals surface area contributed by atoms with Crippen LogP contribution in [0.1, 0.15) is 65.7 Å². The van der Waals surface area contributed by atoms with Crippen LogP contribution in [0.2, 0.25) is 0 Å². The summed E-state index contributed by atoms with van der Waals surface area (Å²) in [5, 5.41) is 7.50. The summed E-state index contributed by atoms with van der Waals surface area (Å²) in [6.45, 7) is 8.46. The highest BCUT2D eigenvalue weighted by molar-refractivity contribution is 4.90. The first-order valence-electron chi connectivity index (χ1n) is 7.57. The first-order valence-corrected chi connectivity index (χ1v) is 7.57. The lowest BCUT2D eigenvalue weighted by Gasteiger charge is -2.41. The van der Waals surface area contributed by atoms with Crippen LogP contribution in [0.3, 0.4) is 0 Å². The lowest BCUT2D eigenvalue weighted by Crippen LogP contribution is -2.49. The standard InChI is InChI=1S/C15H30N2/c1-12(11-13-7-6-10-16-13)17-14-8-4-5-9-15(14,2)3/h12-14,16-17H,4-11H2,1-3H3. The van der Waals surface area contributed by atoms with Gasteiger partial charge < -0.3 is 10.6 Å². The zero-order valence-corrected chi connectivity index (χ0v) is 11.9. The minimum atomic E-state index is 0.496. The van der Waals surface area contributed by atoms with E-state index in [1.165, 1.54) is 51.5 Å². The summed E-state index contributed by atoms with van der Waals surface area (Å²) in [5.74, 6) is 0. The Labute approximate surface area is 107 Å². The summed E-state index contributed by atoms with van der Waals surface area (Å²) in [6, 6.07) is 2.16. The lowest BCUT2D eigenvalue weighted by molar-refractivity contribution is 0.154.